The van der Waals surface area contributed by atoms with E-state index in [1.807, 2.05) is 6.07 Å². The summed E-state index contributed by atoms with van der Waals surface area (Å²) in [7, 11) is 0. The van der Waals surface area contributed by atoms with E-state index >= 15 is 0 Å². The van der Waals surface area contributed by atoms with E-state index < -0.39 is 0 Å². The minimum atomic E-state index is -0.339. The molecule has 0 spiro atoms. The van der Waals surface area contributed by atoms with Gasteiger partial charge in [0.15, 0.2) is 0 Å². The van der Waals surface area contributed by atoms with Crippen LogP contribution in [0.2, 0.25) is 0 Å². The second kappa shape index (κ2) is 4.78. The molecule has 0 unspecified atom stereocenters. The third-order valence-corrected chi connectivity index (χ3v) is 3.68. The summed E-state index contributed by atoms with van der Waals surface area (Å²) in [5.74, 6) is 0.742. The molecule has 1 amide bonds. The summed E-state index contributed by atoms with van der Waals surface area (Å²) in [6.07, 6.45) is 1.65. The normalized spacial score (nSPS) is 14.2. The highest BCUT2D eigenvalue weighted by Gasteiger charge is 2.28. The van der Waals surface area contributed by atoms with Gasteiger partial charge in [-0.15, -0.1) is 0 Å². The Morgan fingerprint density at radius 3 is 2.85 bits per heavy atom. The van der Waals surface area contributed by atoms with E-state index in [-0.39, 0.29) is 11.7 Å². The van der Waals surface area contributed by atoms with Crippen molar-refractivity contribution in [3.63, 3.8) is 0 Å². The predicted molar refractivity (Wildman–Crippen MR) is 74.6 cm³/mol. The van der Waals surface area contributed by atoms with Crippen molar-refractivity contribution in [3.8, 4) is 0 Å². The molecule has 0 saturated heterocycles. The number of hydrogen-bond acceptors (Lipinski definition) is 2. The van der Waals surface area contributed by atoms with Crippen molar-refractivity contribution >= 4 is 11.6 Å². The molecule has 1 aromatic carbocycles. The van der Waals surface area contributed by atoms with Crippen molar-refractivity contribution in [1.29, 1.82) is 0 Å². The molecule has 0 radical (unpaired) electrons. The third-order valence-electron chi connectivity index (χ3n) is 3.68. The number of nitrogens with zero attached hydrogens (tertiary/aromatic N) is 1. The molecule has 0 atom stereocenters. The first-order valence-electron chi connectivity index (χ1n) is 6.74. The molecule has 4 heteroatoms. The Hall–Kier alpha value is -2.10. The summed E-state index contributed by atoms with van der Waals surface area (Å²) in [4.78, 5) is 14.2. The van der Waals surface area contributed by atoms with Gasteiger partial charge in [0.2, 0.25) is 0 Å². The van der Waals surface area contributed by atoms with Crippen molar-refractivity contribution in [3.05, 3.63) is 52.7 Å². The maximum Gasteiger partial charge on any atom is 0.261 e. The summed E-state index contributed by atoms with van der Waals surface area (Å²) < 4.78 is 19.5. The van der Waals surface area contributed by atoms with Crippen LogP contribution in [0.1, 0.15) is 33.9 Å². The molecule has 0 saturated carbocycles. The zero-order valence-corrected chi connectivity index (χ0v) is 11.6. The van der Waals surface area contributed by atoms with Crippen LogP contribution in [0, 0.1) is 19.7 Å². The van der Waals surface area contributed by atoms with Crippen molar-refractivity contribution in [2.75, 3.05) is 11.4 Å². The lowest BCUT2D eigenvalue weighted by atomic mass is 10.0. The van der Waals surface area contributed by atoms with Crippen molar-refractivity contribution < 1.29 is 13.6 Å². The quantitative estimate of drug-likeness (QED) is 0.795. The molecule has 104 valence electrons. The molecule has 0 fully saturated rings. The summed E-state index contributed by atoms with van der Waals surface area (Å²) in [5.41, 5.74) is 1.82. The van der Waals surface area contributed by atoms with E-state index in [1.165, 1.54) is 11.0 Å². The summed E-state index contributed by atoms with van der Waals surface area (Å²) in [6.45, 7) is 4.09. The number of hydrogen-bond donors (Lipinski definition) is 0. The molecular weight excluding hydrogens is 257 g/mol. The number of carbonyl (C=O) groups is 1. The number of furan rings is 1. The van der Waals surface area contributed by atoms with Gasteiger partial charge in [0.25, 0.3) is 5.91 Å². The smallest absolute Gasteiger partial charge is 0.261 e. The Labute approximate surface area is 117 Å². The van der Waals surface area contributed by atoms with Crippen molar-refractivity contribution in [1.82, 2.24) is 0 Å². The van der Waals surface area contributed by atoms with E-state index in [0.717, 1.165) is 18.4 Å². The minimum absolute atomic E-state index is 0.189. The molecule has 1 aliphatic heterocycles. The fraction of sp³-hybridized carbons (Fsp3) is 0.312. The van der Waals surface area contributed by atoms with Gasteiger partial charge in [-0.1, -0.05) is 12.1 Å². The number of amides is 1. The van der Waals surface area contributed by atoms with E-state index in [9.17, 15) is 9.18 Å². The van der Waals surface area contributed by atoms with Crippen molar-refractivity contribution in [2.45, 2.75) is 26.7 Å². The Bertz CT molecular complexity index is 675. The second-order valence-electron chi connectivity index (χ2n) is 5.13. The van der Waals surface area contributed by atoms with Gasteiger partial charge in [0.05, 0.1) is 11.3 Å². The van der Waals surface area contributed by atoms with E-state index in [2.05, 4.69) is 0 Å². The Morgan fingerprint density at radius 1 is 1.35 bits per heavy atom. The van der Waals surface area contributed by atoms with E-state index in [0.29, 0.717) is 29.3 Å². The molecule has 3 nitrogen and oxygen atoms in total. The number of halogens is 1. The van der Waals surface area contributed by atoms with Crippen LogP contribution in [0.25, 0.3) is 0 Å². The molecule has 2 heterocycles. The fourth-order valence-electron chi connectivity index (χ4n) is 2.80. The first-order chi connectivity index (χ1) is 9.58. The van der Waals surface area contributed by atoms with Gasteiger partial charge in [0.1, 0.15) is 17.3 Å². The lowest BCUT2D eigenvalue weighted by molar-refractivity contribution is 0.0982. The molecule has 3 rings (SSSR count). The SMILES string of the molecule is Cc1cc(C(=O)N2CCCc3cccc(F)c32)c(C)o1. The van der Waals surface area contributed by atoms with Crippen LogP contribution < -0.4 is 4.90 Å². The maximum absolute atomic E-state index is 14.1. The number of rotatable bonds is 1. The van der Waals surface area contributed by atoms with Crippen LogP contribution in [0.5, 0.6) is 0 Å². The van der Waals surface area contributed by atoms with Gasteiger partial charge in [-0.05, 0) is 44.4 Å². The second-order valence-corrected chi connectivity index (χ2v) is 5.13. The summed E-state index contributed by atoms with van der Waals surface area (Å²) in [6, 6.07) is 6.69. The number of benzene rings is 1. The molecule has 2 aromatic rings. The standard InChI is InChI=1S/C16H16FNO2/c1-10-9-13(11(2)20-10)16(19)18-8-4-6-12-5-3-7-14(17)15(12)18/h3,5,7,9H,4,6,8H2,1-2H3. The Balaban J connectivity index is 2.05. The minimum Gasteiger partial charge on any atom is -0.466 e. The third kappa shape index (κ3) is 2.01. The highest BCUT2D eigenvalue weighted by molar-refractivity contribution is 6.07. The number of carbonyl (C=O) groups excluding carboxylic acids is 1. The number of fused-ring (bicyclic) bond motifs is 1. The van der Waals surface area contributed by atoms with Crippen LogP contribution in [0.15, 0.2) is 28.7 Å². The van der Waals surface area contributed by atoms with E-state index in [4.69, 9.17) is 4.42 Å². The number of aryl methyl sites for hydroxylation is 3. The van der Waals surface area contributed by atoms with Gasteiger partial charge in [-0.25, -0.2) is 4.39 Å². The summed E-state index contributed by atoms with van der Waals surface area (Å²) >= 11 is 0. The lowest BCUT2D eigenvalue weighted by Crippen LogP contribution is -2.36. The number of anilines is 1. The Kier molecular flexibility index (Phi) is 3.08. The topological polar surface area (TPSA) is 33.5 Å². The Morgan fingerprint density at radius 2 is 2.15 bits per heavy atom. The fourth-order valence-corrected chi connectivity index (χ4v) is 2.80. The molecular formula is C16H16FNO2. The van der Waals surface area contributed by atoms with Crippen LogP contribution in [-0.4, -0.2) is 12.5 Å². The van der Waals surface area contributed by atoms with Crippen molar-refractivity contribution in [2.24, 2.45) is 0 Å². The molecule has 20 heavy (non-hydrogen) atoms. The van der Waals surface area contributed by atoms with Crippen LogP contribution in [0.4, 0.5) is 10.1 Å². The van der Waals surface area contributed by atoms with Crippen LogP contribution in [-0.2, 0) is 6.42 Å². The molecule has 0 N–H and O–H groups in total. The molecule has 1 aliphatic rings. The summed E-state index contributed by atoms with van der Waals surface area (Å²) in [5, 5.41) is 0. The highest BCUT2D eigenvalue weighted by atomic mass is 19.1. The van der Waals surface area contributed by atoms with Gasteiger partial charge < -0.3 is 9.32 Å². The monoisotopic (exact) mass is 273 g/mol. The van der Waals surface area contributed by atoms with Crippen LogP contribution >= 0.6 is 0 Å². The molecule has 0 aliphatic carbocycles. The zero-order chi connectivity index (χ0) is 14.3. The highest BCUT2D eigenvalue weighted by Crippen LogP contribution is 2.31. The molecule has 0 bridgehead atoms. The van der Waals surface area contributed by atoms with Gasteiger partial charge in [-0.2, -0.15) is 0 Å². The average molecular weight is 273 g/mol. The largest absolute Gasteiger partial charge is 0.466 e. The average Bonchev–Trinajstić information content (AvgIpc) is 2.77. The van der Waals surface area contributed by atoms with Crippen LogP contribution in [0.3, 0.4) is 0 Å². The maximum atomic E-state index is 14.1. The van der Waals surface area contributed by atoms with E-state index in [1.54, 1.807) is 26.0 Å². The first kappa shape index (κ1) is 12.9. The predicted octanol–water partition coefficient (Wildman–Crippen LogP) is 3.63. The number of para-hydroxylation sites is 1. The van der Waals surface area contributed by atoms with Gasteiger partial charge in [-0.3, -0.25) is 4.79 Å². The zero-order valence-electron chi connectivity index (χ0n) is 11.6. The first-order valence-corrected chi connectivity index (χ1v) is 6.74. The molecule has 1 aromatic heterocycles. The lowest BCUT2D eigenvalue weighted by Gasteiger charge is -2.29. The van der Waals surface area contributed by atoms with Gasteiger partial charge >= 0.3 is 0 Å². The van der Waals surface area contributed by atoms with Gasteiger partial charge in [0, 0.05) is 6.54 Å².